The molecular weight excluding hydrogens is 314 g/mol. The van der Waals surface area contributed by atoms with Crippen molar-refractivity contribution in [3.05, 3.63) is 34.3 Å². The SMILES string of the molecule is CC(NC1CCS(=O)(=O)CC1)c1cccc(Br)c1. The molecule has 5 heteroatoms. The fourth-order valence-electron chi connectivity index (χ4n) is 2.28. The van der Waals surface area contributed by atoms with Gasteiger partial charge >= 0.3 is 0 Å². The minimum absolute atomic E-state index is 0.244. The lowest BCUT2D eigenvalue weighted by molar-refractivity contribution is 0.420. The van der Waals surface area contributed by atoms with Crippen LogP contribution in [0.3, 0.4) is 0 Å². The van der Waals surface area contributed by atoms with Crippen molar-refractivity contribution in [1.29, 1.82) is 0 Å². The highest BCUT2D eigenvalue weighted by Crippen LogP contribution is 2.21. The second-order valence-electron chi connectivity index (χ2n) is 4.87. The number of rotatable bonds is 3. The zero-order chi connectivity index (χ0) is 13.2. The quantitative estimate of drug-likeness (QED) is 0.926. The molecule has 0 aliphatic carbocycles. The van der Waals surface area contributed by atoms with Crippen LogP contribution in [-0.4, -0.2) is 26.0 Å². The summed E-state index contributed by atoms with van der Waals surface area (Å²) in [6, 6.07) is 8.75. The standard InChI is InChI=1S/C13H18BrNO2S/c1-10(11-3-2-4-12(14)9-11)15-13-5-7-18(16,17)8-6-13/h2-4,9-10,13,15H,5-8H2,1H3. The molecule has 0 aromatic heterocycles. The maximum atomic E-state index is 11.4. The molecule has 0 radical (unpaired) electrons. The van der Waals surface area contributed by atoms with Crippen LogP contribution in [0.5, 0.6) is 0 Å². The second-order valence-corrected chi connectivity index (χ2v) is 8.09. The third kappa shape index (κ3) is 3.80. The third-order valence-electron chi connectivity index (χ3n) is 3.39. The summed E-state index contributed by atoms with van der Waals surface area (Å²) in [5.41, 5.74) is 1.22. The molecule has 1 atom stereocenters. The van der Waals surface area contributed by atoms with E-state index in [1.807, 2.05) is 12.1 Å². The monoisotopic (exact) mass is 331 g/mol. The molecule has 1 unspecified atom stereocenters. The maximum Gasteiger partial charge on any atom is 0.150 e. The van der Waals surface area contributed by atoms with Crippen molar-refractivity contribution in [2.24, 2.45) is 0 Å². The molecule has 0 spiro atoms. The minimum atomic E-state index is -2.77. The van der Waals surface area contributed by atoms with Gasteiger partial charge in [0.25, 0.3) is 0 Å². The Balaban J connectivity index is 1.94. The van der Waals surface area contributed by atoms with Crippen molar-refractivity contribution >= 4 is 25.8 Å². The Morgan fingerprint density at radius 1 is 1.33 bits per heavy atom. The van der Waals surface area contributed by atoms with E-state index in [4.69, 9.17) is 0 Å². The highest BCUT2D eigenvalue weighted by molar-refractivity contribution is 9.10. The summed E-state index contributed by atoms with van der Waals surface area (Å²) in [5.74, 6) is 0.631. The number of sulfone groups is 1. The fourth-order valence-corrected chi connectivity index (χ4v) is 4.19. The van der Waals surface area contributed by atoms with Gasteiger partial charge in [0.05, 0.1) is 11.5 Å². The van der Waals surface area contributed by atoms with E-state index in [0.717, 1.165) is 17.3 Å². The van der Waals surface area contributed by atoms with E-state index in [2.05, 4.69) is 40.3 Å². The van der Waals surface area contributed by atoms with Gasteiger partial charge in [-0.2, -0.15) is 0 Å². The number of benzene rings is 1. The van der Waals surface area contributed by atoms with Gasteiger partial charge in [0.1, 0.15) is 9.84 Å². The first kappa shape index (κ1) is 14.0. The fraction of sp³-hybridized carbons (Fsp3) is 0.538. The van der Waals surface area contributed by atoms with E-state index in [9.17, 15) is 8.42 Å². The summed E-state index contributed by atoms with van der Waals surface area (Å²) < 4.78 is 23.8. The number of halogens is 1. The molecule has 0 bridgehead atoms. The Bertz CT molecular complexity index is 501. The van der Waals surface area contributed by atoms with Crippen molar-refractivity contribution in [2.75, 3.05) is 11.5 Å². The molecule has 1 saturated heterocycles. The molecule has 0 saturated carbocycles. The van der Waals surface area contributed by atoms with E-state index in [1.54, 1.807) is 0 Å². The van der Waals surface area contributed by atoms with Crippen molar-refractivity contribution < 1.29 is 8.42 Å². The van der Waals surface area contributed by atoms with E-state index >= 15 is 0 Å². The Kier molecular flexibility index (Phi) is 4.45. The topological polar surface area (TPSA) is 46.2 Å². The summed E-state index contributed by atoms with van der Waals surface area (Å²) in [4.78, 5) is 0. The molecule has 18 heavy (non-hydrogen) atoms. The Labute approximate surface area is 117 Å². The molecular formula is C13H18BrNO2S. The highest BCUT2D eigenvalue weighted by atomic mass is 79.9. The van der Waals surface area contributed by atoms with Crippen molar-refractivity contribution in [1.82, 2.24) is 5.32 Å². The van der Waals surface area contributed by atoms with Crippen LogP contribution >= 0.6 is 15.9 Å². The summed E-state index contributed by atoms with van der Waals surface area (Å²) in [6.45, 7) is 2.12. The first-order valence-corrected chi connectivity index (χ1v) is 8.80. The van der Waals surface area contributed by atoms with Gasteiger partial charge in [-0.05, 0) is 37.5 Å². The van der Waals surface area contributed by atoms with Crippen LogP contribution in [-0.2, 0) is 9.84 Å². The van der Waals surface area contributed by atoms with Crippen molar-refractivity contribution in [2.45, 2.75) is 31.8 Å². The molecule has 1 heterocycles. The highest BCUT2D eigenvalue weighted by Gasteiger charge is 2.24. The lowest BCUT2D eigenvalue weighted by atomic mass is 10.1. The van der Waals surface area contributed by atoms with E-state index in [1.165, 1.54) is 5.56 Å². The summed E-state index contributed by atoms with van der Waals surface area (Å²) in [5, 5.41) is 3.51. The maximum absolute atomic E-state index is 11.4. The van der Waals surface area contributed by atoms with Crippen LogP contribution in [0, 0.1) is 0 Å². The van der Waals surface area contributed by atoms with E-state index in [0.29, 0.717) is 17.5 Å². The average molecular weight is 332 g/mol. The predicted octanol–water partition coefficient (Wildman–Crippen LogP) is 2.68. The van der Waals surface area contributed by atoms with Gasteiger partial charge in [-0.25, -0.2) is 8.42 Å². The molecule has 1 aliphatic heterocycles. The van der Waals surface area contributed by atoms with Crippen LogP contribution in [0.1, 0.15) is 31.4 Å². The van der Waals surface area contributed by atoms with Crippen LogP contribution in [0.4, 0.5) is 0 Å². The Hall–Kier alpha value is -0.390. The molecule has 2 rings (SSSR count). The first-order chi connectivity index (χ1) is 8.46. The summed E-state index contributed by atoms with van der Waals surface area (Å²) in [6.07, 6.45) is 1.45. The van der Waals surface area contributed by atoms with Crippen LogP contribution in [0.25, 0.3) is 0 Å². The summed E-state index contributed by atoms with van der Waals surface area (Å²) in [7, 11) is -2.77. The van der Waals surface area contributed by atoms with Gasteiger partial charge in [-0.3, -0.25) is 0 Å². The zero-order valence-electron chi connectivity index (χ0n) is 10.4. The molecule has 1 aromatic carbocycles. The van der Waals surface area contributed by atoms with Crippen LogP contribution in [0.2, 0.25) is 0 Å². The number of hydrogen-bond donors (Lipinski definition) is 1. The molecule has 1 aromatic rings. The summed E-state index contributed by atoms with van der Waals surface area (Å²) >= 11 is 3.46. The molecule has 3 nitrogen and oxygen atoms in total. The molecule has 1 aliphatic rings. The largest absolute Gasteiger partial charge is 0.307 e. The van der Waals surface area contributed by atoms with Crippen LogP contribution in [0.15, 0.2) is 28.7 Å². The Morgan fingerprint density at radius 3 is 2.61 bits per heavy atom. The predicted molar refractivity (Wildman–Crippen MR) is 77.4 cm³/mol. The van der Waals surface area contributed by atoms with Gasteiger partial charge in [-0.15, -0.1) is 0 Å². The molecule has 1 N–H and O–H groups in total. The number of nitrogens with one attached hydrogen (secondary N) is 1. The van der Waals surface area contributed by atoms with Gasteiger partial charge in [-0.1, -0.05) is 28.1 Å². The van der Waals surface area contributed by atoms with Crippen LogP contribution < -0.4 is 5.32 Å². The van der Waals surface area contributed by atoms with Gasteiger partial charge in [0.15, 0.2) is 0 Å². The lowest BCUT2D eigenvalue weighted by Crippen LogP contribution is -2.38. The van der Waals surface area contributed by atoms with Crippen molar-refractivity contribution in [3.63, 3.8) is 0 Å². The first-order valence-electron chi connectivity index (χ1n) is 6.18. The zero-order valence-corrected chi connectivity index (χ0v) is 12.8. The van der Waals surface area contributed by atoms with Gasteiger partial charge in [0, 0.05) is 16.6 Å². The molecule has 100 valence electrons. The van der Waals surface area contributed by atoms with Gasteiger partial charge in [0.2, 0.25) is 0 Å². The Morgan fingerprint density at radius 2 is 2.00 bits per heavy atom. The smallest absolute Gasteiger partial charge is 0.150 e. The number of hydrogen-bond acceptors (Lipinski definition) is 3. The third-order valence-corrected chi connectivity index (χ3v) is 5.60. The normalized spacial score (nSPS) is 21.7. The second kappa shape index (κ2) is 5.72. The average Bonchev–Trinajstić information content (AvgIpc) is 2.32. The van der Waals surface area contributed by atoms with E-state index in [-0.39, 0.29) is 6.04 Å². The lowest BCUT2D eigenvalue weighted by Gasteiger charge is -2.27. The van der Waals surface area contributed by atoms with Crippen molar-refractivity contribution in [3.8, 4) is 0 Å². The van der Waals surface area contributed by atoms with E-state index < -0.39 is 9.84 Å². The van der Waals surface area contributed by atoms with Gasteiger partial charge < -0.3 is 5.32 Å². The minimum Gasteiger partial charge on any atom is -0.307 e. The molecule has 0 amide bonds. The molecule has 1 fully saturated rings.